The molecule has 3 nitrogen and oxygen atoms in total. The van der Waals surface area contributed by atoms with Crippen molar-refractivity contribution in [2.45, 2.75) is 45.4 Å². The standard InChI is InChI=1S/C15H23NO2/c1-3-4-5-8-11-18-14-10-7-6-9-13(14)12(2)15(16)17/h6-7,9-10,12H,3-5,8,11H2,1-2H3,(H2,16,17). The fourth-order valence-electron chi connectivity index (χ4n) is 1.83. The van der Waals surface area contributed by atoms with E-state index in [1.807, 2.05) is 31.2 Å². The highest BCUT2D eigenvalue weighted by atomic mass is 16.5. The van der Waals surface area contributed by atoms with Gasteiger partial charge in [0.25, 0.3) is 0 Å². The number of primary amides is 1. The monoisotopic (exact) mass is 249 g/mol. The summed E-state index contributed by atoms with van der Waals surface area (Å²) in [6.45, 7) is 4.69. The Labute approximate surface area is 109 Å². The third-order valence-corrected chi connectivity index (χ3v) is 3.07. The summed E-state index contributed by atoms with van der Waals surface area (Å²) >= 11 is 0. The molecule has 1 unspecified atom stereocenters. The Bertz CT molecular complexity index is 377. The van der Waals surface area contributed by atoms with Gasteiger partial charge >= 0.3 is 0 Å². The number of amides is 1. The molecule has 0 aliphatic rings. The lowest BCUT2D eigenvalue weighted by Gasteiger charge is -2.14. The minimum Gasteiger partial charge on any atom is -0.493 e. The summed E-state index contributed by atoms with van der Waals surface area (Å²) in [5.74, 6) is 0.147. The third-order valence-electron chi connectivity index (χ3n) is 3.07. The maximum absolute atomic E-state index is 11.2. The molecule has 1 amide bonds. The van der Waals surface area contributed by atoms with Gasteiger partial charge in [-0.2, -0.15) is 0 Å². The summed E-state index contributed by atoms with van der Waals surface area (Å²) in [5, 5.41) is 0. The van der Waals surface area contributed by atoms with Gasteiger partial charge in [0.2, 0.25) is 5.91 Å². The lowest BCUT2D eigenvalue weighted by molar-refractivity contribution is -0.119. The average molecular weight is 249 g/mol. The molecule has 0 aliphatic carbocycles. The largest absolute Gasteiger partial charge is 0.493 e. The summed E-state index contributed by atoms with van der Waals surface area (Å²) in [6, 6.07) is 7.61. The van der Waals surface area contributed by atoms with Crippen molar-refractivity contribution in [2.24, 2.45) is 5.73 Å². The number of nitrogens with two attached hydrogens (primary N) is 1. The van der Waals surface area contributed by atoms with Crippen LogP contribution in [-0.2, 0) is 4.79 Å². The number of ether oxygens (including phenoxy) is 1. The predicted octanol–water partition coefficient (Wildman–Crippen LogP) is 3.23. The Balaban J connectivity index is 2.57. The molecule has 0 radical (unpaired) electrons. The molecule has 0 bridgehead atoms. The van der Waals surface area contributed by atoms with Gasteiger partial charge in [-0.1, -0.05) is 44.4 Å². The Kier molecular flexibility index (Phi) is 6.26. The van der Waals surface area contributed by atoms with Crippen LogP contribution in [0.2, 0.25) is 0 Å². The van der Waals surface area contributed by atoms with E-state index in [-0.39, 0.29) is 11.8 Å². The zero-order valence-corrected chi connectivity index (χ0v) is 11.3. The van der Waals surface area contributed by atoms with Crippen LogP contribution in [0, 0.1) is 0 Å². The highest BCUT2D eigenvalue weighted by Gasteiger charge is 2.15. The van der Waals surface area contributed by atoms with Gasteiger partial charge in [-0.15, -0.1) is 0 Å². The molecule has 0 saturated heterocycles. The number of benzene rings is 1. The van der Waals surface area contributed by atoms with Crippen molar-refractivity contribution in [1.29, 1.82) is 0 Å². The van der Waals surface area contributed by atoms with Crippen molar-refractivity contribution in [3.63, 3.8) is 0 Å². The van der Waals surface area contributed by atoms with Gasteiger partial charge < -0.3 is 10.5 Å². The van der Waals surface area contributed by atoms with Crippen LogP contribution in [0.25, 0.3) is 0 Å². The Morgan fingerprint density at radius 1 is 1.28 bits per heavy atom. The molecule has 18 heavy (non-hydrogen) atoms. The lowest BCUT2D eigenvalue weighted by atomic mass is 10.00. The van der Waals surface area contributed by atoms with Crippen molar-refractivity contribution in [2.75, 3.05) is 6.61 Å². The van der Waals surface area contributed by atoms with Gasteiger partial charge in [-0.25, -0.2) is 0 Å². The van der Waals surface area contributed by atoms with E-state index in [0.717, 1.165) is 17.7 Å². The Hall–Kier alpha value is -1.51. The minimum absolute atomic E-state index is 0.308. The van der Waals surface area contributed by atoms with E-state index >= 15 is 0 Å². The number of hydrogen-bond acceptors (Lipinski definition) is 2. The fourth-order valence-corrected chi connectivity index (χ4v) is 1.83. The minimum atomic E-state index is -0.322. The number of para-hydroxylation sites is 1. The van der Waals surface area contributed by atoms with Crippen LogP contribution in [-0.4, -0.2) is 12.5 Å². The van der Waals surface area contributed by atoms with Gasteiger partial charge in [-0.05, 0) is 19.4 Å². The molecule has 0 spiro atoms. The Morgan fingerprint density at radius 3 is 2.67 bits per heavy atom. The molecule has 0 heterocycles. The quantitative estimate of drug-likeness (QED) is 0.719. The van der Waals surface area contributed by atoms with E-state index in [4.69, 9.17) is 10.5 Å². The van der Waals surface area contributed by atoms with Gasteiger partial charge in [0.15, 0.2) is 0 Å². The number of unbranched alkanes of at least 4 members (excludes halogenated alkanes) is 3. The fraction of sp³-hybridized carbons (Fsp3) is 0.533. The molecular formula is C15H23NO2. The second-order valence-electron chi connectivity index (χ2n) is 4.57. The first-order valence-electron chi connectivity index (χ1n) is 6.67. The van der Waals surface area contributed by atoms with E-state index in [2.05, 4.69) is 6.92 Å². The summed E-state index contributed by atoms with van der Waals surface area (Å²) in [6.07, 6.45) is 4.69. The van der Waals surface area contributed by atoms with Crippen LogP contribution in [0.3, 0.4) is 0 Å². The number of rotatable bonds is 8. The zero-order valence-electron chi connectivity index (χ0n) is 11.3. The molecule has 0 fully saturated rings. The second kappa shape index (κ2) is 7.75. The van der Waals surface area contributed by atoms with E-state index in [9.17, 15) is 4.79 Å². The molecule has 1 rings (SSSR count). The summed E-state index contributed by atoms with van der Waals surface area (Å²) in [5.41, 5.74) is 6.21. The van der Waals surface area contributed by atoms with Crippen molar-refractivity contribution >= 4 is 5.91 Å². The SMILES string of the molecule is CCCCCCOc1ccccc1C(C)C(N)=O. The zero-order chi connectivity index (χ0) is 13.4. The van der Waals surface area contributed by atoms with Gasteiger partial charge in [0.05, 0.1) is 12.5 Å². The van der Waals surface area contributed by atoms with Crippen LogP contribution >= 0.6 is 0 Å². The molecule has 1 aromatic rings. The topological polar surface area (TPSA) is 52.3 Å². The smallest absolute Gasteiger partial charge is 0.224 e. The van der Waals surface area contributed by atoms with E-state index in [0.29, 0.717) is 6.61 Å². The number of carbonyl (C=O) groups excluding carboxylic acids is 1. The maximum atomic E-state index is 11.2. The van der Waals surface area contributed by atoms with Gasteiger partial charge in [-0.3, -0.25) is 4.79 Å². The van der Waals surface area contributed by atoms with E-state index in [1.165, 1.54) is 19.3 Å². The molecule has 1 atom stereocenters. The van der Waals surface area contributed by atoms with Crippen molar-refractivity contribution in [3.05, 3.63) is 29.8 Å². The first-order valence-corrected chi connectivity index (χ1v) is 6.67. The van der Waals surface area contributed by atoms with Crippen molar-refractivity contribution in [3.8, 4) is 5.75 Å². The molecule has 3 heteroatoms. The third kappa shape index (κ3) is 4.40. The normalized spacial score (nSPS) is 12.1. The van der Waals surface area contributed by atoms with Crippen LogP contribution < -0.4 is 10.5 Å². The van der Waals surface area contributed by atoms with Crippen LogP contribution in [0.5, 0.6) is 5.75 Å². The Morgan fingerprint density at radius 2 is 2.00 bits per heavy atom. The summed E-state index contributed by atoms with van der Waals surface area (Å²) in [7, 11) is 0. The first-order chi connectivity index (χ1) is 8.66. The van der Waals surface area contributed by atoms with Crippen LogP contribution in [0.4, 0.5) is 0 Å². The van der Waals surface area contributed by atoms with Crippen molar-refractivity contribution < 1.29 is 9.53 Å². The molecule has 2 N–H and O–H groups in total. The molecule has 0 aromatic heterocycles. The number of hydrogen-bond donors (Lipinski definition) is 1. The van der Waals surface area contributed by atoms with Gasteiger partial charge in [0, 0.05) is 5.56 Å². The molecule has 0 aliphatic heterocycles. The first kappa shape index (κ1) is 14.6. The summed E-state index contributed by atoms with van der Waals surface area (Å²) in [4.78, 5) is 11.2. The van der Waals surface area contributed by atoms with Crippen molar-refractivity contribution in [1.82, 2.24) is 0 Å². The second-order valence-corrected chi connectivity index (χ2v) is 4.57. The van der Waals surface area contributed by atoms with E-state index in [1.54, 1.807) is 0 Å². The van der Waals surface area contributed by atoms with Gasteiger partial charge in [0.1, 0.15) is 5.75 Å². The molecule has 100 valence electrons. The predicted molar refractivity (Wildman–Crippen MR) is 73.7 cm³/mol. The average Bonchev–Trinajstić information content (AvgIpc) is 2.38. The summed E-state index contributed by atoms with van der Waals surface area (Å²) < 4.78 is 5.75. The number of carbonyl (C=O) groups is 1. The highest BCUT2D eigenvalue weighted by molar-refractivity contribution is 5.82. The molecule has 0 saturated carbocycles. The van der Waals surface area contributed by atoms with Crippen LogP contribution in [0.15, 0.2) is 24.3 Å². The maximum Gasteiger partial charge on any atom is 0.224 e. The lowest BCUT2D eigenvalue weighted by Crippen LogP contribution is -2.19. The molecular weight excluding hydrogens is 226 g/mol. The van der Waals surface area contributed by atoms with E-state index < -0.39 is 0 Å². The highest BCUT2D eigenvalue weighted by Crippen LogP contribution is 2.26. The molecule has 1 aromatic carbocycles. The van der Waals surface area contributed by atoms with Crippen LogP contribution in [0.1, 0.15) is 51.0 Å².